The summed E-state index contributed by atoms with van der Waals surface area (Å²) in [5, 5.41) is 4.06. The van der Waals surface area contributed by atoms with Crippen LogP contribution in [0.2, 0.25) is 0 Å². The molecule has 0 radical (unpaired) electrons. The zero-order valence-electron chi connectivity index (χ0n) is 19.3. The Hall–Kier alpha value is -3.25. The molecule has 0 aliphatic carbocycles. The molecule has 0 saturated carbocycles. The summed E-state index contributed by atoms with van der Waals surface area (Å²) in [4.78, 5) is 2.21. The van der Waals surface area contributed by atoms with Crippen LogP contribution in [0.1, 0.15) is 29.7 Å². The molecule has 0 fully saturated rings. The van der Waals surface area contributed by atoms with Gasteiger partial charge < -0.3 is 24.4 Å². The Labute approximate surface area is 201 Å². The first-order valence-corrected chi connectivity index (χ1v) is 11.6. The largest absolute Gasteiger partial charge is 0.493 e. The van der Waals surface area contributed by atoms with Crippen LogP contribution in [-0.4, -0.2) is 37.4 Å². The maximum absolute atomic E-state index is 6.26. The van der Waals surface area contributed by atoms with Crippen LogP contribution in [0.4, 0.5) is 5.69 Å². The number of aryl methyl sites for hydroxylation is 1. The molecule has 0 spiro atoms. The summed E-state index contributed by atoms with van der Waals surface area (Å²) in [7, 11) is 3.33. The fraction of sp³-hybridized carbons (Fsp3) is 0.296. The van der Waals surface area contributed by atoms with Gasteiger partial charge in [0.15, 0.2) is 16.6 Å². The van der Waals surface area contributed by atoms with E-state index in [0.717, 1.165) is 42.1 Å². The number of methoxy groups -OCH3 is 2. The van der Waals surface area contributed by atoms with Crippen LogP contribution in [-0.2, 0) is 12.8 Å². The van der Waals surface area contributed by atoms with Gasteiger partial charge in [-0.2, -0.15) is 0 Å². The van der Waals surface area contributed by atoms with Crippen molar-refractivity contribution < 1.29 is 14.2 Å². The molecule has 172 valence electrons. The van der Waals surface area contributed by atoms with E-state index in [2.05, 4.69) is 41.4 Å². The minimum atomic E-state index is -0.0666. The molecule has 0 amide bonds. The van der Waals surface area contributed by atoms with Gasteiger partial charge in [-0.25, -0.2) is 0 Å². The molecule has 1 aliphatic heterocycles. The van der Waals surface area contributed by atoms with Gasteiger partial charge in [0.2, 0.25) is 0 Å². The maximum atomic E-state index is 6.26. The molecule has 1 aliphatic rings. The standard InChI is InChI=1S/C27H30N2O3S/c1-4-19-10-12-22(13-11-19)32-18-24-23-17-26(31-3)25(30-2)16-20(23)14-15-29(24)27(33)28-21-8-6-5-7-9-21/h5-13,16-17,24H,4,14-15,18H2,1-3H3,(H,28,33)/t24-/m0/s1. The van der Waals surface area contributed by atoms with Gasteiger partial charge >= 0.3 is 0 Å². The lowest BCUT2D eigenvalue weighted by molar-refractivity contribution is 0.190. The third-order valence-electron chi connectivity index (χ3n) is 6.03. The number of ether oxygens (including phenoxy) is 3. The average molecular weight is 463 g/mol. The minimum absolute atomic E-state index is 0.0666. The number of fused-ring (bicyclic) bond motifs is 1. The normalized spacial score (nSPS) is 14.9. The first-order valence-electron chi connectivity index (χ1n) is 11.2. The van der Waals surface area contributed by atoms with E-state index in [1.54, 1.807) is 14.2 Å². The van der Waals surface area contributed by atoms with E-state index in [-0.39, 0.29) is 6.04 Å². The van der Waals surface area contributed by atoms with Crippen LogP contribution >= 0.6 is 12.2 Å². The lowest BCUT2D eigenvalue weighted by atomic mass is 9.92. The predicted octanol–water partition coefficient (Wildman–Crippen LogP) is 5.64. The van der Waals surface area contributed by atoms with Crippen molar-refractivity contribution in [1.82, 2.24) is 4.90 Å². The van der Waals surface area contributed by atoms with Crippen LogP contribution in [0.5, 0.6) is 17.2 Å². The summed E-state index contributed by atoms with van der Waals surface area (Å²) in [6.45, 7) is 3.39. The number of anilines is 1. The Morgan fingerprint density at radius 3 is 2.36 bits per heavy atom. The van der Waals surface area contributed by atoms with Gasteiger partial charge in [0, 0.05) is 12.2 Å². The van der Waals surface area contributed by atoms with Crippen molar-refractivity contribution in [3.8, 4) is 17.2 Å². The molecule has 4 rings (SSSR count). The van der Waals surface area contributed by atoms with Gasteiger partial charge in [-0.1, -0.05) is 37.3 Å². The zero-order valence-corrected chi connectivity index (χ0v) is 20.2. The monoisotopic (exact) mass is 462 g/mol. The van der Waals surface area contributed by atoms with E-state index < -0.39 is 0 Å². The highest BCUT2D eigenvalue weighted by molar-refractivity contribution is 7.80. The van der Waals surface area contributed by atoms with E-state index in [0.29, 0.717) is 17.5 Å². The molecule has 0 bridgehead atoms. The number of rotatable bonds is 7. The van der Waals surface area contributed by atoms with E-state index in [1.807, 2.05) is 42.5 Å². The van der Waals surface area contributed by atoms with E-state index in [4.69, 9.17) is 26.4 Å². The third kappa shape index (κ3) is 5.22. The first kappa shape index (κ1) is 22.9. The van der Waals surface area contributed by atoms with E-state index in [9.17, 15) is 0 Å². The lowest BCUT2D eigenvalue weighted by Crippen LogP contribution is -2.44. The van der Waals surface area contributed by atoms with Crippen LogP contribution < -0.4 is 19.5 Å². The van der Waals surface area contributed by atoms with E-state index >= 15 is 0 Å². The Balaban J connectivity index is 1.63. The second-order valence-electron chi connectivity index (χ2n) is 7.97. The fourth-order valence-corrected chi connectivity index (χ4v) is 4.50. The molecule has 6 heteroatoms. The Morgan fingerprint density at radius 2 is 1.70 bits per heavy atom. The molecule has 0 saturated heterocycles. The van der Waals surface area contributed by atoms with Crippen LogP contribution in [0.25, 0.3) is 0 Å². The summed E-state index contributed by atoms with van der Waals surface area (Å²) in [6, 6.07) is 22.3. The molecule has 1 atom stereocenters. The molecule has 3 aromatic carbocycles. The van der Waals surface area contributed by atoms with Crippen molar-refractivity contribution in [2.24, 2.45) is 0 Å². The van der Waals surface area contributed by atoms with E-state index in [1.165, 1.54) is 11.1 Å². The Kier molecular flexibility index (Phi) is 7.35. The SMILES string of the molecule is CCc1ccc(OC[C@H]2c3cc(OC)c(OC)cc3CCN2C(=S)Nc2ccccc2)cc1. The first-order chi connectivity index (χ1) is 16.1. The van der Waals surface area contributed by atoms with Gasteiger partial charge in [-0.05, 0) is 78.1 Å². The number of thiocarbonyl (C=S) groups is 1. The minimum Gasteiger partial charge on any atom is -0.493 e. The summed E-state index contributed by atoms with van der Waals surface area (Å²) >= 11 is 5.84. The average Bonchev–Trinajstić information content (AvgIpc) is 2.87. The molecule has 1 heterocycles. The van der Waals surface area contributed by atoms with Gasteiger partial charge in [0.05, 0.1) is 20.3 Å². The lowest BCUT2D eigenvalue weighted by Gasteiger charge is -2.39. The smallest absolute Gasteiger partial charge is 0.174 e. The molecule has 33 heavy (non-hydrogen) atoms. The molecule has 0 unspecified atom stereocenters. The van der Waals surface area contributed by atoms with Crippen molar-refractivity contribution in [2.75, 3.05) is 32.7 Å². The van der Waals surface area contributed by atoms with Crippen molar-refractivity contribution >= 4 is 23.0 Å². The number of hydrogen-bond donors (Lipinski definition) is 1. The number of benzene rings is 3. The second kappa shape index (κ2) is 10.6. The highest BCUT2D eigenvalue weighted by atomic mass is 32.1. The fourth-order valence-electron chi connectivity index (χ4n) is 4.16. The molecular formula is C27H30N2O3S. The van der Waals surface area contributed by atoms with Gasteiger partial charge in [-0.15, -0.1) is 0 Å². The van der Waals surface area contributed by atoms with Crippen LogP contribution in [0, 0.1) is 0 Å². The van der Waals surface area contributed by atoms with Crippen molar-refractivity contribution in [3.63, 3.8) is 0 Å². The molecule has 3 aromatic rings. The van der Waals surface area contributed by atoms with Crippen LogP contribution in [0.3, 0.4) is 0 Å². The number of nitrogens with zero attached hydrogens (tertiary/aromatic N) is 1. The Bertz CT molecular complexity index is 1090. The van der Waals surface area contributed by atoms with Gasteiger partial charge in [0.25, 0.3) is 0 Å². The third-order valence-corrected chi connectivity index (χ3v) is 6.36. The quantitative estimate of drug-likeness (QED) is 0.458. The van der Waals surface area contributed by atoms with Crippen LogP contribution in [0.15, 0.2) is 66.7 Å². The predicted molar refractivity (Wildman–Crippen MR) is 137 cm³/mol. The number of nitrogens with one attached hydrogen (secondary N) is 1. The van der Waals surface area contributed by atoms with Crippen molar-refractivity contribution in [2.45, 2.75) is 25.8 Å². The molecular weight excluding hydrogens is 432 g/mol. The maximum Gasteiger partial charge on any atom is 0.174 e. The molecule has 5 nitrogen and oxygen atoms in total. The summed E-state index contributed by atoms with van der Waals surface area (Å²) in [5.74, 6) is 2.29. The zero-order chi connectivity index (χ0) is 23.2. The van der Waals surface area contributed by atoms with Crippen molar-refractivity contribution in [1.29, 1.82) is 0 Å². The summed E-state index contributed by atoms with van der Waals surface area (Å²) < 4.78 is 17.4. The highest BCUT2D eigenvalue weighted by Crippen LogP contribution is 2.38. The van der Waals surface area contributed by atoms with Gasteiger partial charge in [-0.3, -0.25) is 0 Å². The summed E-state index contributed by atoms with van der Waals surface area (Å²) in [5.41, 5.74) is 4.62. The van der Waals surface area contributed by atoms with Crippen molar-refractivity contribution in [3.05, 3.63) is 83.4 Å². The van der Waals surface area contributed by atoms with Gasteiger partial charge in [0.1, 0.15) is 12.4 Å². The molecule has 0 aromatic heterocycles. The topological polar surface area (TPSA) is 43.0 Å². The second-order valence-corrected chi connectivity index (χ2v) is 8.36. The Morgan fingerprint density at radius 1 is 1.00 bits per heavy atom. The number of hydrogen-bond acceptors (Lipinski definition) is 4. The number of para-hydroxylation sites is 1. The molecule has 1 N–H and O–H groups in total. The summed E-state index contributed by atoms with van der Waals surface area (Å²) in [6.07, 6.45) is 1.86. The highest BCUT2D eigenvalue weighted by Gasteiger charge is 2.31.